The van der Waals surface area contributed by atoms with E-state index in [2.05, 4.69) is 32.1 Å². The number of fused-ring (bicyclic) bond motifs is 2. The molecule has 1 fully saturated rings. The molecule has 1 saturated carbocycles. The van der Waals surface area contributed by atoms with E-state index in [1.54, 1.807) is 6.07 Å². The van der Waals surface area contributed by atoms with Crippen molar-refractivity contribution in [2.45, 2.75) is 62.6 Å². The highest BCUT2D eigenvalue weighted by Gasteiger charge is 2.46. The standard InChI is InChI=1S/C27H24F3N3O3/c28-27(29,30)12-9-15-1-8-21-19(13-15)10-11-26(21)14-20(18-6-4-17(5-7-18)16-2-3-16)22(24(34)32-26)23-31-25(35)36-33-23/h1,4-8,13,16H,2-3,9-12,14H2,(H,32,34)(H,31,33,35)/t26-/m0/s1. The number of amides is 1. The molecule has 1 aromatic heterocycles. The normalized spacial score (nSPS) is 21.7. The van der Waals surface area contributed by atoms with E-state index in [1.165, 1.54) is 18.4 Å². The van der Waals surface area contributed by atoms with Crippen molar-refractivity contribution in [3.8, 4) is 0 Å². The van der Waals surface area contributed by atoms with Gasteiger partial charge < -0.3 is 5.32 Å². The first kappa shape index (κ1) is 22.8. The van der Waals surface area contributed by atoms with Gasteiger partial charge >= 0.3 is 11.9 Å². The molecule has 6 nitrogen and oxygen atoms in total. The lowest BCUT2D eigenvalue weighted by Gasteiger charge is -2.37. The zero-order valence-electron chi connectivity index (χ0n) is 19.4. The maximum Gasteiger partial charge on any atom is 0.439 e. The molecular weight excluding hydrogens is 471 g/mol. The lowest BCUT2D eigenvalue weighted by Crippen LogP contribution is -2.48. The number of hydrogen-bond acceptors (Lipinski definition) is 4. The highest BCUT2D eigenvalue weighted by atomic mass is 19.4. The van der Waals surface area contributed by atoms with Crippen LogP contribution in [0.4, 0.5) is 13.2 Å². The monoisotopic (exact) mass is 495 g/mol. The smallest absolute Gasteiger partial charge is 0.342 e. The van der Waals surface area contributed by atoms with Crippen molar-refractivity contribution in [1.29, 1.82) is 0 Å². The van der Waals surface area contributed by atoms with Gasteiger partial charge in [-0.15, -0.1) is 0 Å². The number of H-pyrrole nitrogens is 1. The largest absolute Gasteiger partial charge is 0.439 e. The van der Waals surface area contributed by atoms with Crippen molar-refractivity contribution in [3.63, 3.8) is 0 Å². The minimum atomic E-state index is -4.20. The van der Waals surface area contributed by atoms with E-state index < -0.39 is 23.9 Å². The minimum Gasteiger partial charge on any atom is -0.342 e. The van der Waals surface area contributed by atoms with Gasteiger partial charge in [-0.05, 0) is 71.4 Å². The van der Waals surface area contributed by atoms with Crippen LogP contribution in [-0.2, 0) is 23.2 Å². The molecule has 36 heavy (non-hydrogen) atoms. The van der Waals surface area contributed by atoms with Crippen LogP contribution >= 0.6 is 0 Å². The van der Waals surface area contributed by atoms with Gasteiger partial charge in [0.2, 0.25) is 0 Å². The molecule has 0 bridgehead atoms. The van der Waals surface area contributed by atoms with Crippen LogP contribution in [0.3, 0.4) is 0 Å². The van der Waals surface area contributed by atoms with Crippen molar-refractivity contribution in [1.82, 2.24) is 15.5 Å². The molecule has 3 aliphatic rings. The van der Waals surface area contributed by atoms with Crippen molar-refractivity contribution < 1.29 is 22.5 Å². The molecule has 2 aromatic carbocycles. The summed E-state index contributed by atoms with van der Waals surface area (Å²) in [5.41, 5.74) is 4.97. The molecule has 1 spiro atoms. The number of alkyl halides is 3. The maximum absolute atomic E-state index is 13.5. The molecule has 9 heteroatoms. The lowest BCUT2D eigenvalue weighted by atomic mass is 9.77. The zero-order valence-corrected chi connectivity index (χ0v) is 19.4. The molecule has 2 aliphatic carbocycles. The van der Waals surface area contributed by atoms with Crippen molar-refractivity contribution >= 4 is 17.1 Å². The average Bonchev–Trinajstić information content (AvgIpc) is 3.53. The summed E-state index contributed by atoms with van der Waals surface area (Å²) in [5, 5.41) is 6.92. The van der Waals surface area contributed by atoms with Crippen molar-refractivity contribution in [2.24, 2.45) is 0 Å². The van der Waals surface area contributed by atoms with E-state index in [-0.39, 0.29) is 23.7 Å². The SMILES string of the molecule is O=C1N[C@@]2(CCc3cc(CCC(F)(F)F)ccc32)CC(c2ccc(C3CC3)cc2)=C1c1noc(=O)[nH]1. The Morgan fingerprint density at radius 1 is 1.08 bits per heavy atom. The first-order valence-electron chi connectivity index (χ1n) is 12.1. The van der Waals surface area contributed by atoms with Crippen molar-refractivity contribution in [3.05, 3.63) is 86.7 Å². The van der Waals surface area contributed by atoms with Gasteiger partial charge in [-0.1, -0.05) is 47.6 Å². The molecule has 3 aromatic rings. The third-order valence-electron chi connectivity index (χ3n) is 7.55. The second-order valence-electron chi connectivity index (χ2n) is 10.0. The summed E-state index contributed by atoms with van der Waals surface area (Å²) in [5.74, 6) is -0.448. The fourth-order valence-electron chi connectivity index (χ4n) is 5.62. The number of carbonyl (C=O) groups is 1. The number of benzene rings is 2. The number of aryl methyl sites for hydroxylation is 2. The van der Waals surface area contributed by atoms with Gasteiger partial charge in [0.05, 0.1) is 11.1 Å². The van der Waals surface area contributed by atoms with E-state index in [4.69, 9.17) is 0 Å². The molecule has 1 aliphatic heterocycles. The quantitative estimate of drug-likeness (QED) is 0.521. The first-order chi connectivity index (χ1) is 17.2. The Balaban J connectivity index is 1.39. The number of nitrogens with zero attached hydrogens (tertiary/aromatic N) is 1. The molecule has 2 N–H and O–H groups in total. The Morgan fingerprint density at radius 2 is 1.86 bits per heavy atom. The Labute approximate surface area is 204 Å². The molecule has 6 rings (SSSR count). The summed E-state index contributed by atoms with van der Waals surface area (Å²) in [7, 11) is 0. The molecule has 0 unspecified atom stereocenters. The van der Waals surface area contributed by atoms with Crippen LogP contribution in [0.25, 0.3) is 11.1 Å². The van der Waals surface area contributed by atoms with Gasteiger partial charge in [0.1, 0.15) is 0 Å². The fraction of sp³-hybridized carbons (Fsp3) is 0.370. The predicted molar refractivity (Wildman–Crippen MR) is 126 cm³/mol. The molecular formula is C27H24F3N3O3. The highest BCUT2D eigenvalue weighted by molar-refractivity contribution is 6.27. The van der Waals surface area contributed by atoms with Crippen LogP contribution < -0.4 is 11.1 Å². The van der Waals surface area contributed by atoms with Crippen LogP contribution in [0.15, 0.2) is 51.8 Å². The van der Waals surface area contributed by atoms with Crippen LogP contribution in [0, 0.1) is 0 Å². The van der Waals surface area contributed by atoms with Gasteiger partial charge in [-0.25, -0.2) is 4.79 Å². The number of nitrogens with one attached hydrogen (secondary N) is 2. The number of carbonyl (C=O) groups excluding carboxylic acids is 1. The number of rotatable bonds is 5. The molecule has 0 radical (unpaired) electrons. The van der Waals surface area contributed by atoms with Gasteiger partial charge in [0.25, 0.3) is 5.91 Å². The van der Waals surface area contributed by atoms with Crippen LogP contribution in [0.1, 0.15) is 71.7 Å². The summed E-state index contributed by atoms with van der Waals surface area (Å²) in [4.78, 5) is 27.7. The first-order valence-corrected chi connectivity index (χ1v) is 12.1. The topological polar surface area (TPSA) is 88.0 Å². The van der Waals surface area contributed by atoms with Crippen LogP contribution in [0.2, 0.25) is 0 Å². The second-order valence-corrected chi connectivity index (χ2v) is 10.0. The number of aromatic amines is 1. The summed E-state index contributed by atoms with van der Waals surface area (Å²) in [6.45, 7) is 0. The maximum atomic E-state index is 13.5. The summed E-state index contributed by atoms with van der Waals surface area (Å²) in [6, 6.07) is 13.6. The Bertz CT molecular complexity index is 1430. The predicted octanol–water partition coefficient (Wildman–Crippen LogP) is 5.01. The number of halogens is 3. The van der Waals surface area contributed by atoms with E-state index in [9.17, 15) is 22.8 Å². The molecule has 186 valence electrons. The van der Waals surface area contributed by atoms with E-state index in [0.717, 1.165) is 22.3 Å². The average molecular weight is 496 g/mol. The third-order valence-corrected chi connectivity index (χ3v) is 7.55. The van der Waals surface area contributed by atoms with Gasteiger partial charge in [0, 0.05) is 12.8 Å². The van der Waals surface area contributed by atoms with E-state index in [1.807, 2.05) is 24.3 Å². The molecule has 0 saturated heterocycles. The lowest BCUT2D eigenvalue weighted by molar-refractivity contribution is -0.134. The van der Waals surface area contributed by atoms with Crippen LogP contribution in [0.5, 0.6) is 0 Å². The Morgan fingerprint density at radius 3 is 2.53 bits per heavy atom. The van der Waals surface area contributed by atoms with Gasteiger partial charge in [-0.3, -0.25) is 14.3 Å². The second kappa shape index (κ2) is 8.21. The van der Waals surface area contributed by atoms with Crippen LogP contribution in [-0.4, -0.2) is 22.2 Å². The molecule has 2 heterocycles. The number of aromatic nitrogens is 2. The van der Waals surface area contributed by atoms with Gasteiger partial charge in [0.15, 0.2) is 5.82 Å². The Kier molecular flexibility index (Phi) is 5.21. The molecule has 1 atom stereocenters. The summed E-state index contributed by atoms with van der Waals surface area (Å²) in [6.07, 6.45) is -1.04. The zero-order chi connectivity index (χ0) is 25.1. The van der Waals surface area contributed by atoms with E-state index >= 15 is 0 Å². The number of hydrogen-bond donors (Lipinski definition) is 2. The van der Waals surface area contributed by atoms with Gasteiger partial charge in [-0.2, -0.15) is 13.2 Å². The summed E-state index contributed by atoms with van der Waals surface area (Å²) >= 11 is 0. The Hall–Kier alpha value is -3.62. The minimum absolute atomic E-state index is 0.0711. The van der Waals surface area contributed by atoms with Crippen molar-refractivity contribution in [2.75, 3.05) is 0 Å². The fourth-order valence-corrected chi connectivity index (χ4v) is 5.62. The summed E-state index contributed by atoms with van der Waals surface area (Å²) < 4.78 is 42.8. The third kappa shape index (κ3) is 4.16. The van der Waals surface area contributed by atoms with E-state index in [0.29, 0.717) is 30.7 Å². The molecule has 1 amide bonds. The highest BCUT2D eigenvalue weighted by Crippen LogP contribution is 2.48.